The number of hydrogen-bond acceptors (Lipinski definition) is 1. The molecule has 0 atom stereocenters. The Morgan fingerprint density at radius 2 is 1.60 bits per heavy atom. The maximum atomic E-state index is 9.17. The highest BCUT2D eigenvalue weighted by Crippen LogP contribution is 2.49. The summed E-state index contributed by atoms with van der Waals surface area (Å²) in [7, 11) is 0. The van der Waals surface area contributed by atoms with Gasteiger partial charge >= 0.3 is 0 Å². The minimum absolute atomic E-state index is 0.384. The second-order valence-electron chi connectivity index (χ2n) is 4.14. The zero-order chi connectivity index (χ0) is 7.03. The Labute approximate surface area is 62.4 Å². The van der Waals surface area contributed by atoms with Crippen LogP contribution in [-0.4, -0.2) is 11.7 Å². The van der Waals surface area contributed by atoms with Crippen LogP contribution in [0.1, 0.15) is 38.5 Å². The van der Waals surface area contributed by atoms with Crippen LogP contribution in [0.15, 0.2) is 0 Å². The van der Waals surface area contributed by atoms with Gasteiger partial charge in [0.15, 0.2) is 0 Å². The van der Waals surface area contributed by atoms with E-state index in [4.69, 9.17) is 5.11 Å². The fraction of sp³-hybridized carbons (Fsp3) is 1.00. The third-order valence-corrected chi connectivity index (χ3v) is 3.58. The molecule has 0 saturated heterocycles. The molecule has 0 aromatic heterocycles. The molecule has 3 saturated carbocycles. The van der Waals surface area contributed by atoms with Gasteiger partial charge in [0.2, 0.25) is 0 Å². The largest absolute Gasteiger partial charge is 0.396 e. The zero-order valence-corrected chi connectivity index (χ0v) is 6.47. The molecule has 0 aromatic carbocycles. The molecule has 10 heavy (non-hydrogen) atoms. The van der Waals surface area contributed by atoms with E-state index in [1.54, 1.807) is 0 Å². The molecule has 3 aliphatic carbocycles. The second kappa shape index (κ2) is 2.23. The first-order valence-corrected chi connectivity index (χ1v) is 4.46. The second-order valence-corrected chi connectivity index (χ2v) is 4.14. The first-order chi connectivity index (χ1) is 4.85. The van der Waals surface area contributed by atoms with Gasteiger partial charge in [0.1, 0.15) is 0 Å². The van der Waals surface area contributed by atoms with Gasteiger partial charge in [-0.05, 0) is 49.9 Å². The van der Waals surface area contributed by atoms with Gasteiger partial charge in [0.05, 0.1) is 0 Å². The van der Waals surface area contributed by atoms with Gasteiger partial charge in [-0.15, -0.1) is 0 Å². The Bertz CT molecular complexity index is 109. The molecule has 3 rings (SSSR count). The smallest absolute Gasteiger partial charge is 0.0487 e. The topological polar surface area (TPSA) is 20.2 Å². The summed E-state index contributed by atoms with van der Waals surface area (Å²) in [4.78, 5) is 0. The van der Waals surface area contributed by atoms with Gasteiger partial charge in [-0.3, -0.25) is 0 Å². The third kappa shape index (κ3) is 0.878. The SMILES string of the molecule is OCC12CCC(CC1)CC2. The van der Waals surface area contributed by atoms with Gasteiger partial charge in [-0.25, -0.2) is 0 Å². The van der Waals surface area contributed by atoms with Crippen molar-refractivity contribution >= 4 is 0 Å². The third-order valence-electron chi connectivity index (χ3n) is 3.58. The zero-order valence-electron chi connectivity index (χ0n) is 6.47. The van der Waals surface area contributed by atoms with Crippen LogP contribution in [0.25, 0.3) is 0 Å². The standard InChI is InChI=1S/C9H16O/c10-7-9-4-1-8(2-5-9)3-6-9/h8,10H,1-7H2. The summed E-state index contributed by atoms with van der Waals surface area (Å²) in [6.07, 6.45) is 8.07. The van der Waals surface area contributed by atoms with Crippen LogP contribution in [0, 0.1) is 11.3 Å². The van der Waals surface area contributed by atoms with E-state index in [-0.39, 0.29) is 0 Å². The monoisotopic (exact) mass is 140 g/mol. The van der Waals surface area contributed by atoms with Crippen molar-refractivity contribution in [1.29, 1.82) is 0 Å². The summed E-state index contributed by atoms with van der Waals surface area (Å²) in [5, 5.41) is 9.17. The highest BCUT2D eigenvalue weighted by Gasteiger charge is 2.39. The van der Waals surface area contributed by atoms with Gasteiger partial charge in [0, 0.05) is 6.61 Å². The van der Waals surface area contributed by atoms with Gasteiger partial charge in [-0.1, -0.05) is 0 Å². The summed E-state index contributed by atoms with van der Waals surface area (Å²) in [6, 6.07) is 0. The van der Waals surface area contributed by atoms with E-state index in [0.29, 0.717) is 12.0 Å². The maximum absolute atomic E-state index is 9.17. The molecule has 1 N–H and O–H groups in total. The predicted molar refractivity (Wildman–Crippen MR) is 40.7 cm³/mol. The predicted octanol–water partition coefficient (Wildman–Crippen LogP) is 1.95. The fourth-order valence-corrected chi connectivity index (χ4v) is 2.58. The van der Waals surface area contributed by atoms with E-state index >= 15 is 0 Å². The van der Waals surface area contributed by atoms with Gasteiger partial charge < -0.3 is 5.11 Å². The Morgan fingerprint density at radius 3 is 1.90 bits per heavy atom. The van der Waals surface area contributed by atoms with Crippen LogP contribution in [0.3, 0.4) is 0 Å². The average molecular weight is 140 g/mol. The lowest BCUT2D eigenvalue weighted by molar-refractivity contribution is 0.00975. The lowest BCUT2D eigenvalue weighted by Gasteiger charge is -2.45. The van der Waals surface area contributed by atoms with Crippen molar-refractivity contribution in [2.75, 3.05) is 6.61 Å². The summed E-state index contributed by atoms with van der Waals surface area (Å²) in [5.74, 6) is 1.02. The van der Waals surface area contributed by atoms with Crippen LogP contribution < -0.4 is 0 Å². The maximum Gasteiger partial charge on any atom is 0.0487 e. The van der Waals surface area contributed by atoms with Gasteiger partial charge in [-0.2, -0.15) is 0 Å². The van der Waals surface area contributed by atoms with Crippen molar-refractivity contribution in [2.24, 2.45) is 11.3 Å². The molecule has 2 bridgehead atoms. The van der Waals surface area contributed by atoms with Crippen LogP contribution in [0.4, 0.5) is 0 Å². The average Bonchev–Trinajstić information content (AvgIpc) is 2.08. The van der Waals surface area contributed by atoms with E-state index < -0.39 is 0 Å². The molecule has 0 aromatic rings. The number of fused-ring (bicyclic) bond motifs is 3. The van der Waals surface area contributed by atoms with Crippen LogP contribution in [0.2, 0.25) is 0 Å². The summed E-state index contributed by atoms with van der Waals surface area (Å²) in [5.41, 5.74) is 0.384. The molecule has 1 heteroatoms. The number of aliphatic hydroxyl groups is 1. The molecule has 0 unspecified atom stereocenters. The molecule has 1 nitrogen and oxygen atoms in total. The lowest BCUT2D eigenvalue weighted by atomic mass is 9.61. The minimum Gasteiger partial charge on any atom is -0.396 e. The van der Waals surface area contributed by atoms with E-state index in [1.807, 2.05) is 0 Å². The van der Waals surface area contributed by atoms with E-state index in [1.165, 1.54) is 38.5 Å². The summed E-state index contributed by atoms with van der Waals surface area (Å²) < 4.78 is 0. The molecule has 3 aliphatic rings. The highest BCUT2D eigenvalue weighted by atomic mass is 16.3. The summed E-state index contributed by atoms with van der Waals surface area (Å²) in [6.45, 7) is 0.444. The summed E-state index contributed by atoms with van der Waals surface area (Å²) >= 11 is 0. The first kappa shape index (κ1) is 6.66. The Hall–Kier alpha value is -0.0400. The van der Waals surface area contributed by atoms with E-state index in [9.17, 15) is 0 Å². The quantitative estimate of drug-likeness (QED) is 0.590. The van der Waals surface area contributed by atoms with Crippen molar-refractivity contribution in [1.82, 2.24) is 0 Å². The number of rotatable bonds is 1. The number of hydrogen-bond donors (Lipinski definition) is 1. The molecular formula is C9H16O. The molecule has 0 heterocycles. The van der Waals surface area contributed by atoms with Crippen molar-refractivity contribution in [2.45, 2.75) is 38.5 Å². The van der Waals surface area contributed by atoms with Crippen molar-refractivity contribution in [3.63, 3.8) is 0 Å². The minimum atomic E-state index is 0.384. The Balaban J connectivity index is 2.08. The molecule has 3 fully saturated rings. The van der Waals surface area contributed by atoms with E-state index in [2.05, 4.69) is 0 Å². The molecule has 0 spiro atoms. The van der Waals surface area contributed by atoms with Crippen LogP contribution in [-0.2, 0) is 0 Å². The Morgan fingerprint density at radius 1 is 1.10 bits per heavy atom. The van der Waals surface area contributed by atoms with Crippen LogP contribution >= 0.6 is 0 Å². The van der Waals surface area contributed by atoms with Gasteiger partial charge in [0.25, 0.3) is 0 Å². The van der Waals surface area contributed by atoms with Crippen molar-refractivity contribution < 1.29 is 5.11 Å². The molecule has 0 aliphatic heterocycles. The highest BCUT2D eigenvalue weighted by molar-refractivity contribution is 4.90. The fourth-order valence-electron chi connectivity index (χ4n) is 2.58. The normalized spacial score (nSPS) is 45.9. The number of aliphatic hydroxyl groups excluding tert-OH is 1. The molecule has 0 amide bonds. The first-order valence-electron chi connectivity index (χ1n) is 4.46. The van der Waals surface area contributed by atoms with Crippen LogP contribution in [0.5, 0.6) is 0 Å². The molecular weight excluding hydrogens is 124 g/mol. The molecule has 0 radical (unpaired) electrons. The van der Waals surface area contributed by atoms with Crippen molar-refractivity contribution in [3.8, 4) is 0 Å². The van der Waals surface area contributed by atoms with E-state index in [0.717, 1.165) is 5.92 Å². The Kier molecular flexibility index (Phi) is 1.48. The van der Waals surface area contributed by atoms with Crippen molar-refractivity contribution in [3.05, 3.63) is 0 Å². The lowest BCUT2D eigenvalue weighted by Crippen LogP contribution is -2.36. The molecule has 58 valence electrons.